The minimum atomic E-state index is -0.423. The zero-order chi connectivity index (χ0) is 22.7. The molecule has 0 spiro atoms. The van der Waals surface area contributed by atoms with Crippen LogP contribution in [0.4, 0.5) is 15.9 Å². The molecule has 1 aromatic carbocycles. The Balaban J connectivity index is 1.47. The predicted molar refractivity (Wildman–Crippen MR) is 125 cm³/mol. The van der Waals surface area contributed by atoms with Crippen LogP contribution in [0.15, 0.2) is 30.7 Å². The predicted octanol–water partition coefficient (Wildman–Crippen LogP) is 4.85. The maximum absolute atomic E-state index is 13.8. The van der Waals surface area contributed by atoms with Gasteiger partial charge in [-0.25, -0.2) is 14.4 Å². The SMILES string of the molecule is CC[C@H](C)[C@@H](Nc1cc(F)cc(Cl)c1)C(=O)C[C@@H]1CCCN(c2ncnc3[nH]ncc23)C1. The van der Waals surface area contributed by atoms with Gasteiger partial charge in [-0.1, -0.05) is 31.9 Å². The number of aromatic nitrogens is 4. The van der Waals surface area contributed by atoms with Gasteiger partial charge < -0.3 is 10.2 Å². The highest BCUT2D eigenvalue weighted by Gasteiger charge is 2.30. The molecule has 0 saturated carbocycles. The molecule has 2 aromatic heterocycles. The first-order chi connectivity index (χ1) is 15.4. The lowest BCUT2D eigenvalue weighted by atomic mass is 9.86. The maximum atomic E-state index is 13.8. The lowest BCUT2D eigenvalue weighted by molar-refractivity contribution is -0.121. The molecule has 1 aliphatic rings. The Morgan fingerprint density at radius 1 is 1.38 bits per heavy atom. The van der Waals surface area contributed by atoms with Crippen molar-refractivity contribution in [3.63, 3.8) is 0 Å². The quantitative estimate of drug-likeness (QED) is 0.502. The van der Waals surface area contributed by atoms with E-state index in [1.807, 2.05) is 6.92 Å². The van der Waals surface area contributed by atoms with Gasteiger partial charge in [0, 0.05) is 30.2 Å². The van der Waals surface area contributed by atoms with Crippen molar-refractivity contribution in [3.8, 4) is 0 Å². The van der Waals surface area contributed by atoms with E-state index in [4.69, 9.17) is 11.6 Å². The number of carbonyl (C=O) groups excluding carboxylic acids is 1. The van der Waals surface area contributed by atoms with E-state index < -0.39 is 11.9 Å². The molecule has 3 heterocycles. The number of anilines is 2. The van der Waals surface area contributed by atoms with E-state index in [-0.39, 0.29) is 17.6 Å². The largest absolute Gasteiger partial charge is 0.375 e. The number of carbonyl (C=O) groups is 1. The molecule has 1 aliphatic heterocycles. The van der Waals surface area contributed by atoms with Gasteiger partial charge in [-0.15, -0.1) is 0 Å². The second kappa shape index (κ2) is 9.81. The van der Waals surface area contributed by atoms with Crippen LogP contribution in [0.25, 0.3) is 11.0 Å². The number of nitrogens with zero attached hydrogens (tertiary/aromatic N) is 4. The van der Waals surface area contributed by atoms with Crippen LogP contribution in [0.2, 0.25) is 5.02 Å². The van der Waals surface area contributed by atoms with E-state index in [1.165, 1.54) is 18.5 Å². The normalized spacial score (nSPS) is 18.5. The molecular formula is C23H28ClFN6O. The number of hydrogen-bond acceptors (Lipinski definition) is 6. The summed E-state index contributed by atoms with van der Waals surface area (Å²) in [5, 5.41) is 11.4. The highest BCUT2D eigenvalue weighted by molar-refractivity contribution is 6.30. The highest BCUT2D eigenvalue weighted by atomic mass is 35.5. The fraction of sp³-hybridized carbons (Fsp3) is 0.478. The van der Waals surface area contributed by atoms with Gasteiger partial charge in [0.05, 0.1) is 17.6 Å². The van der Waals surface area contributed by atoms with E-state index in [0.29, 0.717) is 22.8 Å². The summed E-state index contributed by atoms with van der Waals surface area (Å²) in [7, 11) is 0. The van der Waals surface area contributed by atoms with Gasteiger partial charge in [-0.05, 0) is 42.9 Å². The summed E-state index contributed by atoms with van der Waals surface area (Å²) in [5.74, 6) is 0.901. The number of aromatic amines is 1. The zero-order valence-corrected chi connectivity index (χ0v) is 19.1. The fourth-order valence-corrected chi connectivity index (χ4v) is 4.65. The van der Waals surface area contributed by atoms with Crippen molar-refractivity contribution in [1.29, 1.82) is 0 Å². The monoisotopic (exact) mass is 458 g/mol. The molecule has 0 radical (unpaired) electrons. The first kappa shape index (κ1) is 22.5. The van der Waals surface area contributed by atoms with E-state index in [2.05, 4.69) is 37.3 Å². The first-order valence-electron chi connectivity index (χ1n) is 11.1. The summed E-state index contributed by atoms with van der Waals surface area (Å²) in [6.45, 7) is 5.73. The number of Topliss-reactive ketones (excluding diaryl/α,β-unsaturated/α-hetero) is 1. The summed E-state index contributed by atoms with van der Waals surface area (Å²) in [6.07, 6.45) is 6.55. The molecule has 170 valence electrons. The average molecular weight is 459 g/mol. The van der Waals surface area contributed by atoms with Gasteiger partial charge in [0.1, 0.15) is 18.0 Å². The molecular weight excluding hydrogens is 431 g/mol. The van der Waals surface area contributed by atoms with Crippen molar-refractivity contribution in [2.24, 2.45) is 11.8 Å². The molecule has 32 heavy (non-hydrogen) atoms. The van der Waals surface area contributed by atoms with Crippen molar-refractivity contribution in [3.05, 3.63) is 41.6 Å². The molecule has 1 fully saturated rings. The lowest BCUT2D eigenvalue weighted by Gasteiger charge is -2.34. The van der Waals surface area contributed by atoms with Crippen LogP contribution in [0.5, 0.6) is 0 Å². The number of H-pyrrole nitrogens is 1. The second-order valence-corrected chi connectivity index (χ2v) is 9.06. The van der Waals surface area contributed by atoms with Gasteiger partial charge in [0.15, 0.2) is 11.4 Å². The number of hydrogen-bond donors (Lipinski definition) is 2. The van der Waals surface area contributed by atoms with Gasteiger partial charge >= 0.3 is 0 Å². The van der Waals surface area contributed by atoms with Gasteiger partial charge in [0.2, 0.25) is 0 Å². The van der Waals surface area contributed by atoms with Crippen molar-refractivity contribution >= 4 is 39.9 Å². The smallest absolute Gasteiger partial charge is 0.160 e. The Morgan fingerprint density at radius 3 is 3.00 bits per heavy atom. The second-order valence-electron chi connectivity index (χ2n) is 8.62. The maximum Gasteiger partial charge on any atom is 0.160 e. The summed E-state index contributed by atoms with van der Waals surface area (Å²) in [4.78, 5) is 24.3. The van der Waals surface area contributed by atoms with E-state index in [0.717, 1.165) is 43.6 Å². The third kappa shape index (κ3) is 5.01. The molecule has 9 heteroatoms. The Labute approximate surface area is 191 Å². The third-order valence-electron chi connectivity index (χ3n) is 6.28. The number of fused-ring (bicyclic) bond motifs is 1. The Bertz CT molecular complexity index is 1070. The minimum Gasteiger partial charge on any atom is -0.375 e. The highest BCUT2D eigenvalue weighted by Crippen LogP contribution is 2.29. The Hall–Kier alpha value is -2.74. The minimum absolute atomic E-state index is 0.108. The van der Waals surface area contributed by atoms with Crippen LogP contribution in [-0.4, -0.2) is 45.1 Å². The summed E-state index contributed by atoms with van der Waals surface area (Å²) in [6, 6.07) is 3.89. The first-order valence-corrected chi connectivity index (χ1v) is 11.5. The molecule has 4 rings (SSSR count). The Morgan fingerprint density at radius 2 is 2.22 bits per heavy atom. The zero-order valence-electron chi connectivity index (χ0n) is 18.3. The number of rotatable bonds is 8. The standard InChI is InChI=1S/C23H28ClFN6O/c1-3-14(2)21(29-18-9-16(24)8-17(25)10-18)20(32)7-15-5-4-6-31(12-15)23-19-11-28-30-22(19)26-13-27-23/h8-11,13-15,21,29H,3-7,12H2,1-2H3,(H,26,27,28,30)/t14-,15-,21+/m0/s1. The molecule has 7 nitrogen and oxygen atoms in total. The van der Waals surface area contributed by atoms with E-state index in [1.54, 1.807) is 12.3 Å². The average Bonchev–Trinajstić information content (AvgIpc) is 3.25. The summed E-state index contributed by atoms with van der Waals surface area (Å²) < 4.78 is 13.8. The number of piperidine rings is 1. The van der Waals surface area contributed by atoms with Crippen LogP contribution in [0, 0.1) is 17.7 Å². The number of nitrogens with one attached hydrogen (secondary N) is 2. The lowest BCUT2D eigenvalue weighted by Crippen LogP contribution is -2.41. The van der Waals surface area contributed by atoms with Crippen LogP contribution in [0.1, 0.15) is 39.5 Å². The van der Waals surface area contributed by atoms with Gasteiger partial charge in [-0.3, -0.25) is 9.89 Å². The van der Waals surface area contributed by atoms with E-state index in [9.17, 15) is 9.18 Å². The van der Waals surface area contributed by atoms with Crippen LogP contribution in [-0.2, 0) is 4.79 Å². The van der Waals surface area contributed by atoms with Crippen molar-refractivity contribution in [2.75, 3.05) is 23.3 Å². The Kier molecular flexibility index (Phi) is 6.89. The van der Waals surface area contributed by atoms with E-state index >= 15 is 0 Å². The third-order valence-corrected chi connectivity index (χ3v) is 6.50. The molecule has 0 unspecified atom stereocenters. The molecule has 0 bridgehead atoms. The molecule has 0 amide bonds. The number of ketones is 1. The van der Waals surface area contributed by atoms with Crippen LogP contribution in [0.3, 0.4) is 0 Å². The molecule has 3 aromatic rings. The molecule has 2 N–H and O–H groups in total. The van der Waals surface area contributed by atoms with Gasteiger partial charge in [0.25, 0.3) is 0 Å². The van der Waals surface area contributed by atoms with Crippen molar-refractivity contribution < 1.29 is 9.18 Å². The van der Waals surface area contributed by atoms with Crippen LogP contribution >= 0.6 is 11.6 Å². The molecule has 1 saturated heterocycles. The van der Waals surface area contributed by atoms with Crippen molar-refractivity contribution in [2.45, 2.75) is 45.6 Å². The summed E-state index contributed by atoms with van der Waals surface area (Å²) in [5.41, 5.74) is 1.24. The van der Waals surface area contributed by atoms with Crippen LogP contribution < -0.4 is 10.2 Å². The summed E-state index contributed by atoms with van der Waals surface area (Å²) >= 11 is 6.00. The van der Waals surface area contributed by atoms with Gasteiger partial charge in [-0.2, -0.15) is 5.10 Å². The van der Waals surface area contributed by atoms with Crippen molar-refractivity contribution in [1.82, 2.24) is 20.2 Å². The number of halogens is 2. The number of benzene rings is 1. The molecule has 3 atom stereocenters. The fourth-order valence-electron chi connectivity index (χ4n) is 4.43. The molecule has 0 aliphatic carbocycles. The topological polar surface area (TPSA) is 86.8 Å².